The minimum Gasteiger partial charge on any atom is -0.496 e. The van der Waals surface area contributed by atoms with Gasteiger partial charge in [-0.3, -0.25) is 4.90 Å². The number of hydrogen-bond donors (Lipinski definition) is 2. The summed E-state index contributed by atoms with van der Waals surface area (Å²) in [5, 5.41) is 7.02. The number of morpholine rings is 1. The molecule has 3 aromatic heterocycles. The predicted molar refractivity (Wildman–Crippen MR) is 149 cm³/mol. The van der Waals surface area contributed by atoms with Crippen LogP contribution in [0.1, 0.15) is 11.1 Å². The Labute approximate surface area is 231 Å². The molecule has 0 amide bonds. The fourth-order valence-electron chi connectivity index (χ4n) is 4.31. The largest absolute Gasteiger partial charge is 0.496 e. The summed E-state index contributed by atoms with van der Waals surface area (Å²) in [7, 11) is 3.15. The number of anilines is 4. The molecule has 12 heteroatoms. The van der Waals surface area contributed by atoms with Crippen molar-refractivity contribution in [2.24, 2.45) is 0 Å². The molecule has 0 radical (unpaired) electrons. The van der Waals surface area contributed by atoms with Crippen molar-refractivity contribution in [2.75, 3.05) is 51.2 Å². The molecule has 0 spiro atoms. The van der Waals surface area contributed by atoms with Gasteiger partial charge >= 0.3 is 0 Å². The number of halogens is 1. The summed E-state index contributed by atoms with van der Waals surface area (Å²) in [6, 6.07) is 7.61. The molecule has 0 bridgehead atoms. The van der Waals surface area contributed by atoms with Crippen molar-refractivity contribution < 1.29 is 14.2 Å². The van der Waals surface area contributed by atoms with Crippen molar-refractivity contribution >= 4 is 34.7 Å². The summed E-state index contributed by atoms with van der Waals surface area (Å²) in [6.07, 6.45) is 6.42. The van der Waals surface area contributed by atoms with Crippen LogP contribution in [0.25, 0.3) is 11.3 Å². The topological polar surface area (TPSA) is 119 Å². The van der Waals surface area contributed by atoms with Gasteiger partial charge in [-0.25, -0.2) is 24.9 Å². The summed E-state index contributed by atoms with van der Waals surface area (Å²) in [5.41, 5.74) is 3.85. The van der Waals surface area contributed by atoms with Gasteiger partial charge in [0.05, 0.1) is 44.4 Å². The Kier molecular flexibility index (Phi) is 8.30. The van der Waals surface area contributed by atoms with E-state index in [-0.39, 0.29) is 0 Å². The molecule has 0 atom stereocenters. The predicted octanol–water partition coefficient (Wildman–Crippen LogP) is 4.63. The quantitative estimate of drug-likeness (QED) is 0.304. The molecule has 4 aromatic rings. The first-order chi connectivity index (χ1) is 19.1. The second kappa shape index (κ2) is 12.2. The molecule has 1 aliphatic rings. The van der Waals surface area contributed by atoms with Gasteiger partial charge in [-0.15, -0.1) is 0 Å². The summed E-state index contributed by atoms with van der Waals surface area (Å²) in [4.78, 5) is 24.4. The molecule has 0 aliphatic carbocycles. The highest BCUT2D eigenvalue weighted by atomic mass is 35.5. The Morgan fingerprint density at radius 3 is 2.54 bits per heavy atom. The lowest BCUT2D eigenvalue weighted by Crippen LogP contribution is -2.35. The molecule has 1 fully saturated rings. The number of nitrogens with zero attached hydrogens (tertiary/aromatic N) is 6. The molecule has 1 aliphatic heterocycles. The Morgan fingerprint density at radius 2 is 1.74 bits per heavy atom. The van der Waals surface area contributed by atoms with Crippen molar-refractivity contribution in [1.29, 1.82) is 0 Å². The van der Waals surface area contributed by atoms with Gasteiger partial charge in [-0.05, 0) is 24.6 Å². The minimum atomic E-state index is 0.411. The lowest BCUT2D eigenvalue weighted by molar-refractivity contribution is 0.0342. The Balaban J connectivity index is 1.40. The van der Waals surface area contributed by atoms with E-state index < -0.39 is 0 Å². The molecule has 0 unspecified atom stereocenters. The molecule has 5 rings (SSSR count). The Hall–Kier alpha value is -4.06. The van der Waals surface area contributed by atoms with Gasteiger partial charge in [0.1, 0.15) is 46.6 Å². The molecule has 11 nitrogen and oxygen atoms in total. The van der Waals surface area contributed by atoms with Crippen LogP contribution >= 0.6 is 11.6 Å². The van der Waals surface area contributed by atoms with Crippen molar-refractivity contribution in [3.63, 3.8) is 0 Å². The monoisotopic (exact) mass is 548 g/mol. The Morgan fingerprint density at radius 1 is 0.949 bits per heavy atom. The van der Waals surface area contributed by atoms with Gasteiger partial charge < -0.3 is 24.8 Å². The van der Waals surface area contributed by atoms with Crippen molar-refractivity contribution in [3.05, 3.63) is 65.5 Å². The normalized spacial score (nSPS) is 13.6. The Bertz CT molecular complexity index is 1420. The van der Waals surface area contributed by atoms with Crippen LogP contribution in [0.4, 0.5) is 23.1 Å². The van der Waals surface area contributed by atoms with Crippen LogP contribution < -0.4 is 20.1 Å². The SMILES string of the molecule is COc1cc(OC)c(Cl)c(Nc2ncncc2-c2cc(Nc3cc(CN4CCOCC4)ccn3)ncn2)c1C. The maximum absolute atomic E-state index is 6.64. The minimum absolute atomic E-state index is 0.411. The van der Waals surface area contributed by atoms with E-state index in [4.69, 9.17) is 25.8 Å². The number of methoxy groups -OCH3 is 2. The van der Waals surface area contributed by atoms with E-state index in [0.717, 1.165) is 44.0 Å². The third-order valence-corrected chi connectivity index (χ3v) is 6.75. The standard InChI is InChI=1S/C27H29ClN8O3/c1-17-21(37-2)12-22(38-3)25(28)26(17)35-27-19(13-29-15-33-27)20-11-24(32-16-31-20)34-23-10-18(4-5-30-23)14-36-6-8-39-9-7-36/h4-5,10-13,15-16H,6-9,14H2,1-3H3,(H,29,33,35)(H,30,31,32,34). The van der Waals surface area contributed by atoms with E-state index in [0.29, 0.717) is 50.9 Å². The lowest BCUT2D eigenvalue weighted by Gasteiger charge is -2.26. The number of aromatic nitrogens is 5. The zero-order chi connectivity index (χ0) is 27.2. The van der Waals surface area contributed by atoms with E-state index in [1.807, 2.05) is 25.1 Å². The first-order valence-corrected chi connectivity index (χ1v) is 12.8. The molecule has 39 heavy (non-hydrogen) atoms. The number of benzene rings is 1. The van der Waals surface area contributed by atoms with Crippen LogP contribution in [0.5, 0.6) is 11.5 Å². The zero-order valence-corrected chi connectivity index (χ0v) is 22.7. The fourth-order valence-corrected chi connectivity index (χ4v) is 4.63. The van der Waals surface area contributed by atoms with Gasteiger partial charge in [0.25, 0.3) is 0 Å². The summed E-state index contributed by atoms with van der Waals surface area (Å²) in [5.74, 6) is 2.91. The molecule has 2 N–H and O–H groups in total. The van der Waals surface area contributed by atoms with Crippen molar-refractivity contribution in [2.45, 2.75) is 13.5 Å². The second-order valence-electron chi connectivity index (χ2n) is 8.86. The highest BCUT2D eigenvalue weighted by molar-refractivity contribution is 6.35. The van der Waals surface area contributed by atoms with Gasteiger partial charge in [0, 0.05) is 49.7 Å². The number of ether oxygens (including phenoxy) is 3. The van der Waals surface area contributed by atoms with Gasteiger partial charge in [-0.2, -0.15) is 0 Å². The van der Waals surface area contributed by atoms with Crippen molar-refractivity contribution in [1.82, 2.24) is 29.8 Å². The van der Waals surface area contributed by atoms with Crippen LogP contribution in [0.15, 0.2) is 49.3 Å². The molecular weight excluding hydrogens is 520 g/mol. The van der Waals surface area contributed by atoms with Crippen molar-refractivity contribution in [3.8, 4) is 22.8 Å². The van der Waals surface area contributed by atoms with Crippen LogP contribution in [0.3, 0.4) is 0 Å². The maximum atomic E-state index is 6.64. The highest BCUT2D eigenvalue weighted by Crippen LogP contribution is 2.42. The van der Waals surface area contributed by atoms with Crippen LogP contribution in [-0.2, 0) is 11.3 Å². The number of nitrogens with one attached hydrogen (secondary N) is 2. The molecule has 1 aromatic carbocycles. The third-order valence-electron chi connectivity index (χ3n) is 6.37. The summed E-state index contributed by atoms with van der Waals surface area (Å²) >= 11 is 6.64. The summed E-state index contributed by atoms with van der Waals surface area (Å²) < 4.78 is 16.4. The second-order valence-corrected chi connectivity index (χ2v) is 9.23. The van der Waals surface area contributed by atoms with Crippen LogP contribution in [0.2, 0.25) is 5.02 Å². The van der Waals surface area contributed by atoms with E-state index >= 15 is 0 Å². The summed E-state index contributed by atoms with van der Waals surface area (Å²) in [6.45, 7) is 6.10. The van der Waals surface area contributed by atoms with Gasteiger partial charge in [0.2, 0.25) is 0 Å². The van der Waals surface area contributed by atoms with Crippen LogP contribution in [-0.4, -0.2) is 70.3 Å². The molecule has 202 valence electrons. The number of pyridine rings is 1. The van der Waals surface area contributed by atoms with Gasteiger partial charge in [-0.1, -0.05) is 11.6 Å². The first kappa shape index (κ1) is 26.5. The third kappa shape index (κ3) is 6.17. The van der Waals surface area contributed by atoms with E-state index in [1.165, 1.54) is 12.7 Å². The van der Waals surface area contributed by atoms with E-state index in [2.05, 4.69) is 40.5 Å². The average Bonchev–Trinajstić information content (AvgIpc) is 2.96. The van der Waals surface area contributed by atoms with E-state index in [9.17, 15) is 0 Å². The maximum Gasteiger partial charge on any atom is 0.143 e. The smallest absolute Gasteiger partial charge is 0.143 e. The molecular formula is C27H29ClN8O3. The number of rotatable bonds is 9. The highest BCUT2D eigenvalue weighted by Gasteiger charge is 2.19. The fraction of sp³-hybridized carbons (Fsp3) is 0.296. The molecule has 1 saturated heterocycles. The lowest BCUT2D eigenvalue weighted by atomic mass is 10.1. The molecule has 4 heterocycles. The van der Waals surface area contributed by atoms with Crippen LogP contribution in [0, 0.1) is 6.92 Å². The van der Waals surface area contributed by atoms with E-state index in [1.54, 1.807) is 32.7 Å². The van der Waals surface area contributed by atoms with Gasteiger partial charge in [0.15, 0.2) is 0 Å². The average molecular weight is 549 g/mol. The molecule has 0 saturated carbocycles. The first-order valence-electron chi connectivity index (χ1n) is 12.4. The zero-order valence-electron chi connectivity index (χ0n) is 21.9. The number of hydrogen-bond acceptors (Lipinski definition) is 11.